The molecule has 0 bridgehead atoms. The minimum Gasteiger partial charge on any atom is -0.442 e. The summed E-state index contributed by atoms with van der Waals surface area (Å²) >= 11 is 9.32. The zero-order chi connectivity index (χ0) is 25.5. The lowest BCUT2D eigenvalue weighted by Gasteiger charge is -2.39. The number of rotatable bonds is 9. The van der Waals surface area contributed by atoms with Crippen LogP contribution in [0, 0.1) is 0 Å². The molecule has 1 atom stereocenters. The van der Waals surface area contributed by atoms with Crippen LogP contribution in [0.2, 0.25) is 18.1 Å². The fraction of sp³-hybridized carbons (Fsp3) is 0.714. The third kappa shape index (κ3) is 11.2. The molecule has 11 heteroatoms. The Hall–Kier alpha value is -1.10. The van der Waals surface area contributed by atoms with E-state index in [1.807, 2.05) is 13.1 Å². The zero-order valence-corrected chi connectivity index (χ0v) is 24.3. The van der Waals surface area contributed by atoms with E-state index in [-0.39, 0.29) is 22.5 Å². The van der Waals surface area contributed by atoms with Gasteiger partial charge in [0.05, 0.1) is 0 Å². The van der Waals surface area contributed by atoms with Crippen LogP contribution < -0.4 is 5.32 Å². The molecule has 0 aliphatic heterocycles. The van der Waals surface area contributed by atoms with Gasteiger partial charge in [0.1, 0.15) is 29.3 Å². The van der Waals surface area contributed by atoms with Gasteiger partial charge in [0.15, 0.2) is 0 Å². The van der Waals surface area contributed by atoms with Crippen LogP contribution in [-0.2, 0) is 9.26 Å². The lowest BCUT2D eigenvalue weighted by molar-refractivity contribution is -0.0730. The number of hydrogen-bond donors (Lipinski definition) is 1. The summed E-state index contributed by atoms with van der Waals surface area (Å²) in [5.74, 6) is -0.0576. The largest absolute Gasteiger partial charge is 0.442 e. The van der Waals surface area contributed by atoms with E-state index in [1.165, 1.54) is 16.1 Å². The second-order valence-corrected chi connectivity index (χ2v) is 16.0. The number of halogens is 3. The van der Waals surface area contributed by atoms with Crippen LogP contribution >= 0.6 is 27.5 Å². The molecule has 0 heterocycles. The first-order chi connectivity index (χ1) is 14.3. The van der Waals surface area contributed by atoms with Gasteiger partial charge in [-0.25, -0.2) is 9.18 Å². The van der Waals surface area contributed by atoms with Crippen molar-refractivity contribution in [3.63, 3.8) is 0 Å². The number of hydroxylamine groups is 2. The van der Waals surface area contributed by atoms with Crippen LogP contribution in [0.25, 0.3) is 0 Å². The maximum Gasteiger partial charge on any atom is 0.433 e. The van der Waals surface area contributed by atoms with Gasteiger partial charge in [-0.2, -0.15) is 10.2 Å². The first-order valence-corrected chi connectivity index (χ1v) is 14.5. The first-order valence-electron chi connectivity index (χ1n) is 10.3. The standard InChI is InChI=1S/C21H39BrClFN4O3Si/c1-15(22)16(24)12-13-17(23)27(9)26-18(25-8)14-28(19(29)30-20(2,3)4)31-32(10,11)21(5,6)7/h12,17H,1,13-14H2,2-11H3,(H,25,26)/b16-12+. The smallest absolute Gasteiger partial charge is 0.433 e. The van der Waals surface area contributed by atoms with E-state index in [4.69, 9.17) is 20.9 Å². The second kappa shape index (κ2) is 12.4. The molecule has 0 aliphatic rings. The fourth-order valence-electron chi connectivity index (χ4n) is 1.87. The minimum absolute atomic E-state index is 0.0221. The molecule has 1 unspecified atom stereocenters. The van der Waals surface area contributed by atoms with E-state index >= 15 is 0 Å². The van der Waals surface area contributed by atoms with Crippen molar-refractivity contribution in [2.24, 2.45) is 5.10 Å². The number of carbonyl (C=O) groups is 1. The van der Waals surface area contributed by atoms with Gasteiger partial charge < -0.3 is 14.6 Å². The Labute approximate surface area is 207 Å². The Kier molecular flexibility index (Phi) is 12.0. The monoisotopic (exact) mass is 556 g/mol. The van der Waals surface area contributed by atoms with Crippen molar-refractivity contribution in [1.82, 2.24) is 15.4 Å². The Morgan fingerprint density at radius 2 is 1.84 bits per heavy atom. The Morgan fingerprint density at radius 3 is 2.25 bits per heavy atom. The number of allylic oxidation sites excluding steroid dienone is 2. The summed E-state index contributed by atoms with van der Waals surface area (Å²) in [6.07, 6.45) is 0.926. The Morgan fingerprint density at radius 1 is 1.31 bits per heavy atom. The van der Waals surface area contributed by atoms with Crippen molar-refractivity contribution in [2.75, 3.05) is 20.6 Å². The van der Waals surface area contributed by atoms with Crippen molar-refractivity contribution in [1.29, 1.82) is 0 Å². The molecule has 0 radical (unpaired) electrons. The van der Waals surface area contributed by atoms with E-state index in [1.54, 1.807) is 34.9 Å². The fourth-order valence-corrected chi connectivity index (χ4v) is 3.13. The van der Waals surface area contributed by atoms with E-state index in [9.17, 15) is 9.18 Å². The summed E-state index contributed by atoms with van der Waals surface area (Å²) in [6, 6.07) is 0. The highest BCUT2D eigenvalue weighted by molar-refractivity contribution is 9.11. The molecule has 0 aliphatic carbocycles. The lowest BCUT2D eigenvalue weighted by atomic mass is 10.2. The van der Waals surface area contributed by atoms with Crippen molar-refractivity contribution >= 4 is 47.8 Å². The zero-order valence-electron chi connectivity index (χ0n) is 21.0. The summed E-state index contributed by atoms with van der Waals surface area (Å²) in [7, 11) is 1.00. The maximum atomic E-state index is 13.6. The summed E-state index contributed by atoms with van der Waals surface area (Å²) in [5, 5.41) is 9.97. The van der Waals surface area contributed by atoms with E-state index in [0.717, 1.165) is 0 Å². The number of amidine groups is 1. The number of hydrogen-bond acceptors (Lipinski definition) is 5. The van der Waals surface area contributed by atoms with Crippen LogP contribution in [0.3, 0.4) is 0 Å². The Bertz CT molecular complexity index is 721. The van der Waals surface area contributed by atoms with Gasteiger partial charge >= 0.3 is 6.09 Å². The number of likely N-dealkylation sites (N-methyl/N-ethyl adjacent to an activating group) is 1. The van der Waals surface area contributed by atoms with E-state index in [2.05, 4.69) is 53.7 Å². The molecule has 0 saturated carbocycles. The number of hydrazone groups is 1. The average molecular weight is 558 g/mol. The van der Waals surface area contributed by atoms with E-state index < -0.39 is 31.3 Å². The molecule has 7 nitrogen and oxygen atoms in total. The topological polar surface area (TPSA) is 66.4 Å². The minimum atomic E-state index is -2.34. The number of amides is 1. The van der Waals surface area contributed by atoms with Gasteiger partial charge in [0.25, 0.3) is 0 Å². The normalized spacial score (nSPS) is 14.7. The van der Waals surface area contributed by atoms with Crippen LogP contribution in [0.5, 0.6) is 0 Å². The van der Waals surface area contributed by atoms with Crippen LogP contribution in [0.1, 0.15) is 48.0 Å². The molecule has 0 aromatic carbocycles. The second-order valence-electron chi connectivity index (χ2n) is 9.87. The van der Waals surface area contributed by atoms with Gasteiger partial charge in [-0.3, -0.25) is 5.01 Å². The quantitative estimate of drug-likeness (QED) is 0.0681. The molecule has 1 amide bonds. The molecule has 32 heavy (non-hydrogen) atoms. The highest BCUT2D eigenvalue weighted by atomic mass is 79.9. The van der Waals surface area contributed by atoms with Crippen molar-refractivity contribution in [2.45, 2.75) is 77.2 Å². The van der Waals surface area contributed by atoms with Gasteiger partial charge in [0, 0.05) is 25.0 Å². The number of alkyl halides is 1. The molecule has 1 N–H and O–H groups in total. The molecule has 186 valence electrons. The summed E-state index contributed by atoms with van der Waals surface area (Å²) in [4.78, 5) is 12.9. The first kappa shape index (κ1) is 30.9. The predicted octanol–water partition coefficient (Wildman–Crippen LogP) is 6.34. The third-order valence-electron chi connectivity index (χ3n) is 4.76. The number of nitrogens with zero attached hydrogens (tertiary/aromatic N) is 3. The third-order valence-corrected chi connectivity index (χ3v) is 9.89. The molecular formula is C21H39BrClFN4O3Si. The van der Waals surface area contributed by atoms with Crippen LogP contribution in [0.15, 0.2) is 28.1 Å². The number of carbonyl (C=O) groups excluding carboxylic acids is 1. The van der Waals surface area contributed by atoms with Gasteiger partial charge in [-0.05, 0) is 60.9 Å². The van der Waals surface area contributed by atoms with Crippen molar-refractivity contribution in [3.05, 3.63) is 23.0 Å². The van der Waals surface area contributed by atoms with Gasteiger partial charge in [0.2, 0.25) is 8.32 Å². The summed E-state index contributed by atoms with van der Waals surface area (Å²) in [6.45, 7) is 19.2. The molecule has 0 fully saturated rings. The molecule has 0 aromatic heterocycles. The number of ether oxygens (including phenoxy) is 1. The molecule has 0 saturated heterocycles. The van der Waals surface area contributed by atoms with Crippen molar-refractivity contribution in [3.8, 4) is 0 Å². The highest BCUT2D eigenvalue weighted by Gasteiger charge is 2.42. The number of nitrogens with one attached hydrogen (secondary N) is 1. The summed E-state index contributed by atoms with van der Waals surface area (Å²) in [5.41, 5.74) is -1.30. The van der Waals surface area contributed by atoms with Gasteiger partial charge in [-0.1, -0.05) is 39.0 Å². The molecule has 0 rings (SSSR count). The lowest BCUT2D eigenvalue weighted by Crippen LogP contribution is -2.52. The van der Waals surface area contributed by atoms with Crippen LogP contribution in [0.4, 0.5) is 9.18 Å². The molecule has 0 aromatic rings. The van der Waals surface area contributed by atoms with Gasteiger partial charge in [-0.15, -0.1) is 0 Å². The predicted molar refractivity (Wildman–Crippen MR) is 137 cm³/mol. The van der Waals surface area contributed by atoms with Crippen molar-refractivity contribution < 1.29 is 18.4 Å². The Balaban J connectivity index is 5.69. The molecular weight excluding hydrogens is 519 g/mol. The maximum absolute atomic E-state index is 13.6. The van der Waals surface area contributed by atoms with Crippen LogP contribution in [-0.4, -0.2) is 62.1 Å². The van der Waals surface area contributed by atoms with E-state index in [0.29, 0.717) is 5.84 Å². The highest BCUT2D eigenvalue weighted by Crippen LogP contribution is 2.37. The molecule has 0 spiro atoms. The average Bonchev–Trinajstić information content (AvgIpc) is 2.61. The summed E-state index contributed by atoms with van der Waals surface area (Å²) < 4.78 is 25.6. The SMILES string of the molecule is C=C(Br)/C(F)=C\CC(Cl)N(C)/N=C(/CN(O[Si](C)(C)C(C)(C)C)C(=O)OC(C)(C)C)NC.